The summed E-state index contributed by atoms with van der Waals surface area (Å²) in [5.41, 5.74) is 0.743. The molecule has 0 aromatic rings. The first kappa shape index (κ1) is 19.3. The van der Waals surface area contributed by atoms with Crippen molar-refractivity contribution in [1.29, 1.82) is 0 Å². The van der Waals surface area contributed by atoms with Gasteiger partial charge in [0.15, 0.2) is 0 Å². The lowest BCUT2D eigenvalue weighted by atomic mass is 9.43. The minimum absolute atomic E-state index is 0.395. The summed E-state index contributed by atoms with van der Waals surface area (Å²) in [6, 6.07) is 0. The summed E-state index contributed by atoms with van der Waals surface area (Å²) >= 11 is 0. The Hall–Kier alpha value is -0.0400. The Labute approximate surface area is 162 Å². The molecule has 0 bridgehead atoms. The van der Waals surface area contributed by atoms with Gasteiger partial charge in [-0.3, -0.25) is 0 Å². The molecule has 4 aliphatic carbocycles. The van der Waals surface area contributed by atoms with E-state index >= 15 is 0 Å². The fourth-order valence-electron chi connectivity index (χ4n) is 9.06. The maximum atomic E-state index is 10.7. The molecule has 0 heterocycles. The van der Waals surface area contributed by atoms with E-state index in [0.717, 1.165) is 48.3 Å². The second-order valence-electron chi connectivity index (χ2n) is 11.9. The van der Waals surface area contributed by atoms with Gasteiger partial charge in [0.2, 0.25) is 0 Å². The fraction of sp³-hybridized carbons (Fsp3) is 1.00. The van der Waals surface area contributed by atoms with E-state index in [0.29, 0.717) is 10.8 Å². The highest BCUT2D eigenvalue weighted by molar-refractivity contribution is 5.10. The minimum Gasteiger partial charge on any atom is -0.390 e. The zero-order valence-electron chi connectivity index (χ0n) is 18.2. The Morgan fingerprint density at radius 1 is 0.885 bits per heavy atom. The Morgan fingerprint density at radius 2 is 1.62 bits per heavy atom. The van der Waals surface area contributed by atoms with Crippen LogP contribution in [0.15, 0.2) is 0 Å². The molecule has 0 aliphatic heterocycles. The first-order valence-electron chi connectivity index (χ1n) is 11.9. The number of aliphatic hydroxyl groups is 1. The van der Waals surface area contributed by atoms with Crippen molar-refractivity contribution in [2.24, 2.45) is 46.3 Å². The summed E-state index contributed by atoms with van der Waals surface area (Å²) in [6.45, 7) is 12.3. The number of hydrogen-bond donors (Lipinski definition) is 1. The van der Waals surface area contributed by atoms with Crippen LogP contribution in [-0.4, -0.2) is 10.7 Å². The van der Waals surface area contributed by atoms with Gasteiger partial charge < -0.3 is 5.11 Å². The van der Waals surface area contributed by atoms with E-state index in [-0.39, 0.29) is 0 Å². The van der Waals surface area contributed by atoms with Gasteiger partial charge in [0, 0.05) is 0 Å². The van der Waals surface area contributed by atoms with Crippen LogP contribution in [0.2, 0.25) is 0 Å². The van der Waals surface area contributed by atoms with Crippen LogP contribution in [0.1, 0.15) is 105 Å². The van der Waals surface area contributed by atoms with E-state index in [2.05, 4.69) is 34.6 Å². The average Bonchev–Trinajstić information content (AvgIpc) is 2.93. The Bertz CT molecular complexity index is 524. The summed E-state index contributed by atoms with van der Waals surface area (Å²) < 4.78 is 0. The third-order valence-corrected chi connectivity index (χ3v) is 10.5. The topological polar surface area (TPSA) is 20.2 Å². The highest BCUT2D eigenvalue weighted by atomic mass is 16.3. The van der Waals surface area contributed by atoms with Gasteiger partial charge >= 0.3 is 0 Å². The van der Waals surface area contributed by atoms with Gasteiger partial charge in [-0.25, -0.2) is 0 Å². The van der Waals surface area contributed by atoms with Gasteiger partial charge in [0.05, 0.1) is 5.60 Å². The molecule has 1 N–H and O–H groups in total. The van der Waals surface area contributed by atoms with Crippen molar-refractivity contribution in [2.45, 2.75) is 111 Å². The third-order valence-electron chi connectivity index (χ3n) is 10.5. The molecule has 4 rings (SSSR count). The second kappa shape index (κ2) is 6.50. The molecule has 0 saturated heterocycles. The van der Waals surface area contributed by atoms with Crippen LogP contribution in [0.4, 0.5) is 0 Å². The molecular weight excluding hydrogens is 316 g/mol. The van der Waals surface area contributed by atoms with Crippen LogP contribution < -0.4 is 0 Å². The molecule has 26 heavy (non-hydrogen) atoms. The molecule has 0 aromatic carbocycles. The van der Waals surface area contributed by atoms with Crippen LogP contribution in [-0.2, 0) is 0 Å². The first-order valence-corrected chi connectivity index (χ1v) is 11.9. The summed E-state index contributed by atoms with van der Waals surface area (Å²) in [4.78, 5) is 0. The van der Waals surface area contributed by atoms with Crippen molar-refractivity contribution in [3.05, 3.63) is 0 Å². The molecule has 4 saturated carbocycles. The molecule has 1 nitrogen and oxygen atoms in total. The zero-order chi connectivity index (χ0) is 18.7. The SMILES string of the molecule is CCC[C@@H](C)[C@H]1CC[C@H]2[C@@H]3CC[C@H]4C[C@@](C)(O)CC[C@]4(C)[C@H]3CC[C@]12C. The van der Waals surface area contributed by atoms with E-state index in [1.165, 1.54) is 57.8 Å². The maximum absolute atomic E-state index is 10.7. The fourth-order valence-corrected chi connectivity index (χ4v) is 9.06. The Morgan fingerprint density at radius 3 is 2.35 bits per heavy atom. The molecule has 9 atom stereocenters. The van der Waals surface area contributed by atoms with E-state index in [4.69, 9.17) is 0 Å². The highest BCUT2D eigenvalue weighted by Crippen LogP contribution is 2.68. The van der Waals surface area contributed by atoms with Crippen LogP contribution in [0.3, 0.4) is 0 Å². The lowest BCUT2D eigenvalue weighted by molar-refractivity contribution is -0.147. The average molecular weight is 361 g/mol. The minimum atomic E-state index is -0.395. The van der Waals surface area contributed by atoms with E-state index in [1.807, 2.05) is 0 Å². The van der Waals surface area contributed by atoms with Crippen LogP contribution in [0, 0.1) is 46.3 Å². The standard InChI is InChI=1S/C25H44O/c1-6-7-17(2)20-10-11-21-19-9-8-18-16-23(3,26)14-15-24(18,4)22(19)12-13-25(20,21)5/h17-22,26H,6-16H2,1-5H3/t17-,18+,19+,20-,21+,22+,23+,24+,25-/m1/s1. The quantitative estimate of drug-likeness (QED) is 0.584. The molecule has 1 heteroatoms. The molecule has 0 unspecified atom stereocenters. The van der Waals surface area contributed by atoms with Gasteiger partial charge in [-0.1, -0.05) is 40.5 Å². The van der Waals surface area contributed by atoms with Crippen LogP contribution >= 0.6 is 0 Å². The van der Waals surface area contributed by atoms with Crippen molar-refractivity contribution in [2.75, 3.05) is 0 Å². The summed E-state index contributed by atoms with van der Waals surface area (Å²) in [7, 11) is 0. The van der Waals surface area contributed by atoms with Gasteiger partial charge in [0.1, 0.15) is 0 Å². The normalized spacial score (nSPS) is 54.9. The molecule has 0 aromatic heterocycles. The number of fused-ring (bicyclic) bond motifs is 5. The highest BCUT2D eigenvalue weighted by Gasteiger charge is 2.61. The lowest BCUT2D eigenvalue weighted by Crippen LogP contribution is -2.55. The van der Waals surface area contributed by atoms with Crippen molar-refractivity contribution >= 4 is 0 Å². The zero-order valence-corrected chi connectivity index (χ0v) is 18.2. The predicted molar refractivity (Wildman–Crippen MR) is 110 cm³/mol. The van der Waals surface area contributed by atoms with E-state index < -0.39 is 5.60 Å². The largest absolute Gasteiger partial charge is 0.390 e. The second-order valence-corrected chi connectivity index (χ2v) is 11.9. The first-order chi connectivity index (χ1) is 12.2. The van der Waals surface area contributed by atoms with Crippen LogP contribution in [0.5, 0.6) is 0 Å². The smallest absolute Gasteiger partial charge is 0.0622 e. The van der Waals surface area contributed by atoms with Gasteiger partial charge in [-0.05, 0) is 111 Å². The van der Waals surface area contributed by atoms with Gasteiger partial charge in [0.25, 0.3) is 0 Å². The summed E-state index contributed by atoms with van der Waals surface area (Å²) in [5.74, 6) is 5.58. The molecule has 0 spiro atoms. The van der Waals surface area contributed by atoms with Crippen molar-refractivity contribution in [3.63, 3.8) is 0 Å². The molecule has 4 aliphatic rings. The van der Waals surface area contributed by atoms with Crippen molar-refractivity contribution in [1.82, 2.24) is 0 Å². The predicted octanol–water partition coefficient (Wildman–Crippen LogP) is 6.83. The number of hydrogen-bond acceptors (Lipinski definition) is 1. The molecule has 0 radical (unpaired) electrons. The van der Waals surface area contributed by atoms with Crippen molar-refractivity contribution < 1.29 is 5.11 Å². The summed E-state index contributed by atoms with van der Waals surface area (Å²) in [6.07, 6.45) is 14.9. The summed E-state index contributed by atoms with van der Waals surface area (Å²) in [5, 5.41) is 10.7. The maximum Gasteiger partial charge on any atom is 0.0622 e. The molecular formula is C25H44O. The Kier molecular flexibility index (Phi) is 4.82. The van der Waals surface area contributed by atoms with E-state index in [9.17, 15) is 5.11 Å². The van der Waals surface area contributed by atoms with Crippen LogP contribution in [0.25, 0.3) is 0 Å². The molecule has 0 amide bonds. The third kappa shape index (κ3) is 2.82. The van der Waals surface area contributed by atoms with E-state index in [1.54, 1.807) is 0 Å². The van der Waals surface area contributed by atoms with Gasteiger partial charge in [-0.2, -0.15) is 0 Å². The molecule has 150 valence electrons. The molecule has 4 fully saturated rings. The van der Waals surface area contributed by atoms with Gasteiger partial charge in [-0.15, -0.1) is 0 Å². The lowest BCUT2D eigenvalue weighted by Gasteiger charge is -2.62. The monoisotopic (exact) mass is 360 g/mol. The number of rotatable bonds is 3. The Balaban J connectivity index is 1.56. The van der Waals surface area contributed by atoms with Crippen molar-refractivity contribution in [3.8, 4) is 0 Å².